The van der Waals surface area contributed by atoms with Crippen LogP contribution in [-0.2, 0) is 6.42 Å². The van der Waals surface area contributed by atoms with Crippen molar-refractivity contribution in [2.45, 2.75) is 45.7 Å². The number of aromatic carboxylic acids is 1. The summed E-state index contributed by atoms with van der Waals surface area (Å²) in [6.45, 7) is 7.63. The lowest BCUT2D eigenvalue weighted by Gasteiger charge is -2.38. The van der Waals surface area contributed by atoms with Crippen LogP contribution in [0.1, 0.15) is 43.1 Å². The van der Waals surface area contributed by atoms with Crippen molar-refractivity contribution in [1.29, 1.82) is 0 Å². The van der Waals surface area contributed by atoms with Crippen molar-refractivity contribution in [3.05, 3.63) is 29.1 Å². The lowest BCUT2D eigenvalue weighted by Crippen LogP contribution is -2.47. The second kappa shape index (κ2) is 6.43. The monoisotopic (exact) mass is 295 g/mol. The molecule has 1 heterocycles. The number of nitrogens with zero attached hydrogens (tertiary/aromatic N) is 1. The van der Waals surface area contributed by atoms with Gasteiger partial charge < -0.3 is 9.84 Å². The standard InChI is InChI=1S/C16H22FNO3/c1-4-7-18(10(2)3)11-8-13-12(16(19)20)5-6-14(17)15(13)21-9-11/h5-6,10-11H,4,7-9H2,1-3H3,(H,19,20)/t11-/m1/s1. The third kappa shape index (κ3) is 3.18. The SMILES string of the molecule is CCCN(C(C)C)[C@H]1COc2c(F)ccc(C(=O)O)c2C1. The van der Waals surface area contributed by atoms with Crippen molar-refractivity contribution < 1.29 is 19.0 Å². The fraction of sp³-hybridized carbons (Fsp3) is 0.562. The molecule has 0 saturated heterocycles. The van der Waals surface area contributed by atoms with E-state index >= 15 is 0 Å². The second-order valence-corrected chi connectivity index (χ2v) is 5.71. The smallest absolute Gasteiger partial charge is 0.336 e. The number of hydrogen-bond acceptors (Lipinski definition) is 3. The van der Waals surface area contributed by atoms with Gasteiger partial charge in [0.25, 0.3) is 0 Å². The van der Waals surface area contributed by atoms with Gasteiger partial charge in [-0.2, -0.15) is 0 Å². The van der Waals surface area contributed by atoms with Crippen molar-refractivity contribution in [3.8, 4) is 5.75 Å². The Morgan fingerprint density at radius 3 is 2.81 bits per heavy atom. The highest BCUT2D eigenvalue weighted by Gasteiger charge is 2.31. The van der Waals surface area contributed by atoms with Gasteiger partial charge in [0.2, 0.25) is 0 Å². The molecule has 0 bridgehead atoms. The Morgan fingerprint density at radius 1 is 1.52 bits per heavy atom. The minimum atomic E-state index is -1.04. The summed E-state index contributed by atoms with van der Waals surface area (Å²) in [4.78, 5) is 13.6. The van der Waals surface area contributed by atoms with E-state index in [-0.39, 0.29) is 17.4 Å². The van der Waals surface area contributed by atoms with E-state index < -0.39 is 11.8 Å². The van der Waals surface area contributed by atoms with E-state index in [1.54, 1.807) is 0 Å². The number of benzene rings is 1. The molecular formula is C16H22FNO3. The lowest BCUT2D eigenvalue weighted by atomic mass is 9.95. The van der Waals surface area contributed by atoms with Crippen LogP contribution in [0.3, 0.4) is 0 Å². The number of halogens is 1. The van der Waals surface area contributed by atoms with Gasteiger partial charge in [-0.1, -0.05) is 6.92 Å². The van der Waals surface area contributed by atoms with E-state index in [1.165, 1.54) is 6.07 Å². The number of carbonyl (C=O) groups is 1. The summed E-state index contributed by atoms with van der Waals surface area (Å²) in [7, 11) is 0. The first-order valence-electron chi connectivity index (χ1n) is 7.38. The third-order valence-corrected chi connectivity index (χ3v) is 3.92. The minimum Gasteiger partial charge on any atom is -0.489 e. The van der Waals surface area contributed by atoms with Gasteiger partial charge >= 0.3 is 5.97 Å². The van der Waals surface area contributed by atoms with E-state index in [0.29, 0.717) is 24.6 Å². The van der Waals surface area contributed by atoms with Crippen molar-refractivity contribution in [2.75, 3.05) is 13.2 Å². The average molecular weight is 295 g/mol. The molecule has 5 heteroatoms. The van der Waals surface area contributed by atoms with Gasteiger partial charge in [-0.15, -0.1) is 0 Å². The van der Waals surface area contributed by atoms with Crippen molar-refractivity contribution in [1.82, 2.24) is 4.90 Å². The van der Waals surface area contributed by atoms with Crippen LogP contribution < -0.4 is 4.74 Å². The van der Waals surface area contributed by atoms with Crippen molar-refractivity contribution in [3.63, 3.8) is 0 Å². The Morgan fingerprint density at radius 2 is 2.24 bits per heavy atom. The summed E-state index contributed by atoms with van der Waals surface area (Å²) in [5.74, 6) is -1.42. The number of rotatable bonds is 5. The maximum absolute atomic E-state index is 13.8. The van der Waals surface area contributed by atoms with Gasteiger partial charge in [0.15, 0.2) is 11.6 Å². The molecule has 0 unspecified atom stereocenters. The first kappa shape index (κ1) is 15.8. The van der Waals surface area contributed by atoms with Crippen LogP contribution in [0.2, 0.25) is 0 Å². The molecule has 1 atom stereocenters. The lowest BCUT2D eigenvalue weighted by molar-refractivity contribution is 0.0683. The van der Waals surface area contributed by atoms with E-state index in [0.717, 1.165) is 19.0 Å². The van der Waals surface area contributed by atoms with Crippen LogP contribution in [0.25, 0.3) is 0 Å². The minimum absolute atomic E-state index is 0.0809. The van der Waals surface area contributed by atoms with Gasteiger partial charge in [0, 0.05) is 17.6 Å². The van der Waals surface area contributed by atoms with Gasteiger partial charge in [-0.25, -0.2) is 9.18 Å². The molecule has 0 radical (unpaired) electrons. The molecule has 0 amide bonds. The highest BCUT2D eigenvalue weighted by Crippen LogP contribution is 2.32. The van der Waals surface area contributed by atoms with Crippen LogP contribution in [0.15, 0.2) is 12.1 Å². The van der Waals surface area contributed by atoms with E-state index in [4.69, 9.17) is 4.74 Å². The normalized spacial score (nSPS) is 17.7. The second-order valence-electron chi connectivity index (χ2n) is 5.71. The summed E-state index contributed by atoms with van der Waals surface area (Å²) in [5.41, 5.74) is 0.608. The molecule has 2 rings (SSSR count). The molecule has 1 aliphatic heterocycles. The maximum atomic E-state index is 13.8. The Labute approximate surface area is 124 Å². The summed E-state index contributed by atoms with van der Waals surface area (Å²) < 4.78 is 19.4. The highest BCUT2D eigenvalue weighted by molar-refractivity contribution is 5.90. The molecule has 1 aromatic carbocycles. The molecule has 0 spiro atoms. The van der Waals surface area contributed by atoms with Crippen LogP contribution in [0.4, 0.5) is 4.39 Å². The Bertz CT molecular complexity index is 530. The Hall–Kier alpha value is -1.62. The maximum Gasteiger partial charge on any atom is 0.336 e. The summed E-state index contributed by atoms with van der Waals surface area (Å²) in [6.07, 6.45) is 1.52. The molecule has 1 aromatic rings. The quantitative estimate of drug-likeness (QED) is 0.907. The molecule has 1 N–H and O–H groups in total. The Kier molecular flexibility index (Phi) is 4.83. The van der Waals surface area contributed by atoms with Crippen molar-refractivity contribution >= 4 is 5.97 Å². The fourth-order valence-corrected chi connectivity index (χ4v) is 2.97. The predicted molar refractivity (Wildman–Crippen MR) is 78.5 cm³/mol. The third-order valence-electron chi connectivity index (χ3n) is 3.92. The molecular weight excluding hydrogens is 273 g/mol. The van der Waals surface area contributed by atoms with Gasteiger partial charge in [0.05, 0.1) is 5.56 Å². The molecule has 116 valence electrons. The molecule has 0 fully saturated rings. The zero-order chi connectivity index (χ0) is 15.6. The van der Waals surface area contributed by atoms with Gasteiger partial charge in [-0.05, 0) is 45.4 Å². The molecule has 1 aliphatic rings. The van der Waals surface area contributed by atoms with E-state index in [9.17, 15) is 14.3 Å². The first-order valence-corrected chi connectivity index (χ1v) is 7.38. The van der Waals surface area contributed by atoms with E-state index in [1.807, 2.05) is 0 Å². The zero-order valence-electron chi connectivity index (χ0n) is 12.7. The van der Waals surface area contributed by atoms with Crippen LogP contribution in [0.5, 0.6) is 5.75 Å². The molecule has 0 aromatic heterocycles. The predicted octanol–water partition coefficient (Wildman–Crippen LogP) is 2.95. The fourth-order valence-electron chi connectivity index (χ4n) is 2.97. The topological polar surface area (TPSA) is 49.8 Å². The number of carboxylic acid groups (broad SMARTS) is 1. The molecule has 0 aliphatic carbocycles. The number of ether oxygens (including phenoxy) is 1. The largest absolute Gasteiger partial charge is 0.489 e. The zero-order valence-corrected chi connectivity index (χ0v) is 12.7. The molecule has 21 heavy (non-hydrogen) atoms. The molecule has 4 nitrogen and oxygen atoms in total. The Balaban J connectivity index is 2.34. The van der Waals surface area contributed by atoms with Gasteiger partial charge in [-0.3, -0.25) is 4.90 Å². The summed E-state index contributed by atoms with van der Waals surface area (Å²) in [6, 6.07) is 2.90. The average Bonchev–Trinajstić information content (AvgIpc) is 2.44. The number of fused-ring (bicyclic) bond motifs is 1. The van der Waals surface area contributed by atoms with Gasteiger partial charge in [0.1, 0.15) is 6.61 Å². The van der Waals surface area contributed by atoms with Crippen LogP contribution in [0, 0.1) is 5.82 Å². The first-order chi connectivity index (χ1) is 9.95. The summed E-state index contributed by atoms with van der Waals surface area (Å²) in [5, 5.41) is 9.28. The van der Waals surface area contributed by atoms with Crippen LogP contribution >= 0.6 is 0 Å². The summed E-state index contributed by atoms with van der Waals surface area (Å²) >= 11 is 0. The number of carboxylic acids is 1. The van der Waals surface area contributed by atoms with E-state index in [2.05, 4.69) is 25.7 Å². The van der Waals surface area contributed by atoms with Crippen LogP contribution in [-0.4, -0.2) is 41.2 Å². The highest BCUT2D eigenvalue weighted by atomic mass is 19.1. The van der Waals surface area contributed by atoms with Crippen molar-refractivity contribution in [2.24, 2.45) is 0 Å². The number of hydrogen-bond donors (Lipinski definition) is 1. The molecule has 0 saturated carbocycles.